The molecule has 94 valence electrons. The van der Waals surface area contributed by atoms with Crippen molar-refractivity contribution in [2.45, 2.75) is 32.4 Å². The lowest BCUT2D eigenvalue weighted by Crippen LogP contribution is -2.51. The van der Waals surface area contributed by atoms with Gasteiger partial charge in [-0.1, -0.05) is 30.7 Å². The van der Waals surface area contributed by atoms with E-state index in [1.54, 1.807) is 18.9 Å². The summed E-state index contributed by atoms with van der Waals surface area (Å²) in [7, 11) is 1.75. The molecule has 1 atom stereocenters. The van der Waals surface area contributed by atoms with E-state index in [9.17, 15) is 4.79 Å². The molecule has 0 heterocycles. The number of likely N-dealkylation sites (N-methyl/N-ethyl adjacent to an activating group) is 1. The molecule has 2 N–H and O–H groups in total. The molecule has 0 saturated carbocycles. The smallest absolute Gasteiger partial charge is 0.242 e. The summed E-state index contributed by atoms with van der Waals surface area (Å²) in [6, 6.07) is 7.48. The fourth-order valence-corrected chi connectivity index (χ4v) is 1.78. The Kier molecular flexibility index (Phi) is 4.54. The minimum Gasteiger partial charge on any atom is -0.340 e. The molecule has 0 spiro atoms. The molecule has 1 unspecified atom stereocenters. The number of hydrogen-bond acceptors (Lipinski definition) is 2. The van der Waals surface area contributed by atoms with E-state index in [-0.39, 0.29) is 5.91 Å². The monoisotopic (exact) mass is 254 g/mol. The van der Waals surface area contributed by atoms with Gasteiger partial charge in [-0.25, -0.2) is 0 Å². The van der Waals surface area contributed by atoms with Crippen LogP contribution in [0.1, 0.15) is 25.8 Å². The van der Waals surface area contributed by atoms with E-state index in [1.807, 2.05) is 31.2 Å². The Hall–Kier alpha value is -1.06. The van der Waals surface area contributed by atoms with Gasteiger partial charge in [0, 0.05) is 18.6 Å². The molecular weight excluding hydrogens is 236 g/mol. The van der Waals surface area contributed by atoms with Crippen LogP contribution in [0.25, 0.3) is 0 Å². The summed E-state index contributed by atoms with van der Waals surface area (Å²) in [6.07, 6.45) is 0.617. The first-order chi connectivity index (χ1) is 7.86. The summed E-state index contributed by atoms with van der Waals surface area (Å²) in [5, 5.41) is 0.675. The minimum absolute atomic E-state index is 0.0556. The second-order valence-electron chi connectivity index (χ2n) is 4.56. The zero-order chi connectivity index (χ0) is 13.1. The number of carbonyl (C=O) groups excluding carboxylic acids is 1. The molecule has 3 nitrogen and oxygen atoms in total. The molecule has 0 saturated heterocycles. The van der Waals surface area contributed by atoms with Crippen molar-refractivity contribution in [3.8, 4) is 0 Å². The fraction of sp³-hybridized carbons (Fsp3) is 0.462. The molecule has 0 bridgehead atoms. The van der Waals surface area contributed by atoms with Gasteiger partial charge < -0.3 is 10.6 Å². The van der Waals surface area contributed by atoms with Crippen LogP contribution in [-0.4, -0.2) is 23.4 Å². The molecule has 1 aromatic carbocycles. The molecule has 1 rings (SSSR count). The topological polar surface area (TPSA) is 46.3 Å². The lowest BCUT2D eigenvalue weighted by atomic mass is 9.98. The first-order valence-corrected chi connectivity index (χ1v) is 6.03. The summed E-state index contributed by atoms with van der Waals surface area (Å²) < 4.78 is 0. The number of amides is 1. The van der Waals surface area contributed by atoms with E-state index in [0.717, 1.165) is 5.56 Å². The van der Waals surface area contributed by atoms with Crippen molar-refractivity contribution in [2.24, 2.45) is 5.73 Å². The molecule has 0 aliphatic rings. The van der Waals surface area contributed by atoms with Crippen LogP contribution in [0.15, 0.2) is 24.3 Å². The van der Waals surface area contributed by atoms with Crippen LogP contribution in [0.4, 0.5) is 0 Å². The minimum atomic E-state index is -0.798. The fourth-order valence-electron chi connectivity index (χ4n) is 1.57. The first-order valence-electron chi connectivity index (χ1n) is 5.65. The second-order valence-corrected chi connectivity index (χ2v) is 5.00. The Balaban J connectivity index is 2.73. The lowest BCUT2D eigenvalue weighted by molar-refractivity contribution is -0.135. The third-order valence-corrected chi connectivity index (χ3v) is 3.11. The molecule has 0 aliphatic carbocycles. The summed E-state index contributed by atoms with van der Waals surface area (Å²) in [4.78, 5) is 13.7. The van der Waals surface area contributed by atoms with Gasteiger partial charge >= 0.3 is 0 Å². The molecular formula is C13H19ClN2O. The Morgan fingerprint density at radius 1 is 1.53 bits per heavy atom. The molecule has 0 radical (unpaired) electrons. The van der Waals surface area contributed by atoms with Gasteiger partial charge in [0.05, 0.1) is 5.54 Å². The Morgan fingerprint density at radius 3 is 2.71 bits per heavy atom. The normalized spacial score (nSPS) is 14.2. The predicted octanol–water partition coefficient (Wildman–Crippen LogP) is 2.43. The third-order valence-electron chi connectivity index (χ3n) is 2.88. The molecule has 0 fully saturated rings. The van der Waals surface area contributed by atoms with Crippen molar-refractivity contribution in [1.29, 1.82) is 0 Å². The average molecular weight is 255 g/mol. The maximum absolute atomic E-state index is 12.1. The van der Waals surface area contributed by atoms with Crippen molar-refractivity contribution in [3.63, 3.8) is 0 Å². The van der Waals surface area contributed by atoms with E-state index in [4.69, 9.17) is 17.3 Å². The molecule has 17 heavy (non-hydrogen) atoms. The molecule has 1 aromatic rings. The largest absolute Gasteiger partial charge is 0.340 e. The van der Waals surface area contributed by atoms with E-state index in [1.165, 1.54) is 0 Å². The van der Waals surface area contributed by atoms with Crippen molar-refractivity contribution >= 4 is 17.5 Å². The number of carbonyl (C=O) groups is 1. The maximum atomic E-state index is 12.1. The van der Waals surface area contributed by atoms with Crippen LogP contribution in [0.5, 0.6) is 0 Å². The van der Waals surface area contributed by atoms with Gasteiger partial charge in [0.2, 0.25) is 5.91 Å². The van der Waals surface area contributed by atoms with E-state index >= 15 is 0 Å². The molecule has 4 heteroatoms. The highest BCUT2D eigenvalue weighted by atomic mass is 35.5. The van der Waals surface area contributed by atoms with Crippen LogP contribution in [0.3, 0.4) is 0 Å². The third kappa shape index (κ3) is 3.72. The predicted molar refractivity (Wildman–Crippen MR) is 70.8 cm³/mol. The van der Waals surface area contributed by atoms with Crippen molar-refractivity contribution < 1.29 is 4.79 Å². The molecule has 0 aromatic heterocycles. The average Bonchev–Trinajstić information content (AvgIpc) is 2.28. The number of nitrogens with zero attached hydrogens (tertiary/aromatic N) is 1. The zero-order valence-electron chi connectivity index (χ0n) is 10.5. The van der Waals surface area contributed by atoms with Gasteiger partial charge in [-0.2, -0.15) is 0 Å². The highest BCUT2D eigenvalue weighted by molar-refractivity contribution is 6.30. The second kappa shape index (κ2) is 5.52. The first kappa shape index (κ1) is 14.0. The van der Waals surface area contributed by atoms with E-state index in [2.05, 4.69) is 0 Å². The number of nitrogens with two attached hydrogens (primary N) is 1. The van der Waals surface area contributed by atoms with Gasteiger partial charge in [0.25, 0.3) is 0 Å². The highest BCUT2D eigenvalue weighted by Gasteiger charge is 2.28. The number of benzene rings is 1. The van der Waals surface area contributed by atoms with Gasteiger partial charge in [-0.05, 0) is 31.0 Å². The van der Waals surface area contributed by atoms with E-state index < -0.39 is 5.54 Å². The van der Waals surface area contributed by atoms with Crippen LogP contribution in [0.2, 0.25) is 5.02 Å². The Bertz CT molecular complexity index is 404. The van der Waals surface area contributed by atoms with Crippen LogP contribution in [-0.2, 0) is 11.3 Å². The van der Waals surface area contributed by atoms with Gasteiger partial charge in [0.1, 0.15) is 0 Å². The van der Waals surface area contributed by atoms with Crippen molar-refractivity contribution in [3.05, 3.63) is 34.9 Å². The Labute approximate surface area is 108 Å². The van der Waals surface area contributed by atoms with Crippen LogP contribution in [0, 0.1) is 0 Å². The highest BCUT2D eigenvalue weighted by Crippen LogP contribution is 2.15. The van der Waals surface area contributed by atoms with Crippen molar-refractivity contribution in [2.75, 3.05) is 7.05 Å². The standard InChI is InChI=1S/C13H19ClN2O/c1-4-13(2,15)12(17)16(3)9-10-6-5-7-11(14)8-10/h5-8H,4,9,15H2,1-3H3. The summed E-state index contributed by atoms with van der Waals surface area (Å²) in [5.74, 6) is -0.0556. The zero-order valence-corrected chi connectivity index (χ0v) is 11.3. The quantitative estimate of drug-likeness (QED) is 0.897. The number of rotatable bonds is 4. The van der Waals surface area contributed by atoms with E-state index in [0.29, 0.717) is 18.0 Å². The van der Waals surface area contributed by atoms with Gasteiger partial charge in [0.15, 0.2) is 0 Å². The van der Waals surface area contributed by atoms with Crippen LogP contribution >= 0.6 is 11.6 Å². The van der Waals surface area contributed by atoms with Gasteiger partial charge in [-0.3, -0.25) is 4.79 Å². The summed E-state index contributed by atoms with van der Waals surface area (Å²) >= 11 is 5.90. The van der Waals surface area contributed by atoms with Crippen LogP contribution < -0.4 is 5.73 Å². The van der Waals surface area contributed by atoms with Crippen molar-refractivity contribution in [1.82, 2.24) is 4.90 Å². The summed E-state index contributed by atoms with van der Waals surface area (Å²) in [5.41, 5.74) is 6.13. The number of hydrogen-bond donors (Lipinski definition) is 1. The SMILES string of the molecule is CCC(C)(N)C(=O)N(C)Cc1cccc(Cl)c1. The molecule has 1 amide bonds. The Morgan fingerprint density at radius 2 is 2.18 bits per heavy atom. The van der Waals surface area contributed by atoms with Gasteiger partial charge in [-0.15, -0.1) is 0 Å². The number of halogens is 1. The summed E-state index contributed by atoms with van der Waals surface area (Å²) in [6.45, 7) is 4.18. The maximum Gasteiger partial charge on any atom is 0.242 e. The lowest BCUT2D eigenvalue weighted by Gasteiger charge is -2.28. The molecule has 0 aliphatic heterocycles.